The summed E-state index contributed by atoms with van der Waals surface area (Å²) in [5, 5.41) is 0.860. The minimum absolute atomic E-state index is 0.0515. The highest BCUT2D eigenvalue weighted by atomic mass is 32.2. The predicted octanol–water partition coefficient (Wildman–Crippen LogP) is 3.53. The van der Waals surface area contributed by atoms with Crippen LogP contribution in [0.5, 0.6) is 5.75 Å². The minimum atomic E-state index is -4.25. The van der Waals surface area contributed by atoms with Gasteiger partial charge in [-0.2, -0.15) is 0 Å². The largest absolute Gasteiger partial charge is 0.468 e. The number of para-hydroxylation sites is 1. The van der Waals surface area contributed by atoms with E-state index >= 15 is 0 Å². The number of hydrogen-bond acceptors (Lipinski definition) is 6. The van der Waals surface area contributed by atoms with Crippen LogP contribution >= 0.6 is 0 Å². The topological polar surface area (TPSA) is 106 Å². The van der Waals surface area contributed by atoms with Crippen molar-refractivity contribution in [1.29, 1.82) is 0 Å². The molecule has 1 N–H and O–H groups in total. The standard InChI is InChI=1S/C21H20N2O6S/c1-2-8-20(24)22-30(26,27)19-12-7-6-11-18(19)23(29-17-13-14-28-15-17)21(25)16-9-4-3-5-10-16/h3-7,9-15H,2,8H2,1H3,(H,22,24). The van der Waals surface area contributed by atoms with Crippen molar-refractivity contribution in [3.8, 4) is 5.75 Å². The molecule has 0 aliphatic rings. The van der Waals surface area contributed by atoms with Crippen molar-refractivity contribution in [2.75, 3.05) is 5.06 Å². The summed E-state index contributed by atoms with van der Waals surface area (Å²) in [6, 6.07) is 15.5. The molecule has 30 heavy (non-hydrogen) atoms. The lowest BCUT2D eigenvalue weighted by molar-refractivity contribution is -0.119. The van der Waals surface area contributed by atoms with Crippen LogP contribution in [0.2, 0.25) is 0 Å². The molecule has 0 atom stereocenters. The van der Waals surface area contributed by atoms with Crippen LogP contribution in [-0.4, -0.2) is 20.2 Å². The van der Waals surface area contributed by atoms with Crippen molar-refractivity contribution in [2.45, 2.75) is 24.7 Å². The van der Waals surface area contributed by atoms with Crippen LogP contribution < -0.4 is 14.6 Å². The van der Waals surface area contributed by atoms with E-state index in [1.807, 2.05) is 4.72 Å². The van der Waals surface area contributed by atoms with Gasteiger partial charge in [0.25, 0.3) is 15.9 Å². The number of nitrogens with zero attached hydrogens (tertiary/aromatic N) is 1. The number of amides is 2. The van der Waals surface area contributed by atoms with Gasteiger partial charge in [-0.15, -0.1) is 5.06 Å². The SMILES string of the molecule is CCCC(=O)NS(=O)(=O)c1ccccc1N(Oc1ccoc1)C(=O)c1ccccc1. The van der Waals surface area contributed by atoms with Gasteiger partial charge in [-0.3, -0.25) is 9.59 Å². The molecule has 3 aromatic rings. The van der Waals surface area contributed by atoms with E-state index in [-0.39, 0.29) is 28.3 Å². The normalized spacial score (nSPS) is 11.0. The van der Waals surface area contributed by atoms with E-state index in [4.69, 9.17) is 9.25 Å². The Balaban J connectivity index is 2.06. The highest BCUT2D eigenvalue weighted by molar-refractivity contribution is 7.90. The maximum Gasteiger partial charge on any atom is 0.291 e. The molecule has 1 aromatic heterocycles. The second-order valence-electron chi connectivity index (χ2n) is 6.26. The molecule has 2 aromatic carbocycles. The summed E-state index contributed by atoms with van der Waals surface area (Å²) in [6.45, 7) is 1.76. The molecule has 9 heteroatoms. The second-order valence-corrected chi connectivity index (χ2v) is 7.91. The number of nitrogens with one attached hydrogen (secondary N) is 1. The quantitative estimate of drug-likeness (QED) is 0.550. The number of carbonyl (C=O) groups excluding carboxylic acids is 2. The molecular weight excluding hydrogens is 408 g/mol. The van der Waals surface area contributed by atoms with Gasteiger partial charge >= 0.3 is 0 Å². The first kappa shape index (κ1) is 21.1. The van der Waals surface area contributed by atoms with Crippen LogP contribution in [0, 0.1) is 0 Å². The first-order valence-electron chi connectivity index (χ1n) is 9.16. The van der Waals surface area contributed by atoms with Crippen molar-refractivity contribution < 1.29 is 27.3 Å². The van der Waals surface area contributed by atoms with Gasteiger partial charge in [-0.1, -0.05) is 37.3 Å². The summed E-state index contributed by atoms with van der Waals surface area (Å²) in [5.41, 5.74) is 0.229. The molecule has 0 fully saturated rings. The Morgan fingerprint density at radius 3 is 2.40 bits per heavy atom. The molecule has 0 aliphatic carbocycles. The van der Waals surface area contributed by atoms with E-state index in [1.54, 1.807) is 43.3 Å². The van der Waals surface area contributed by atoms with Gasteiger partial charge in [0.05, 0.1) is 6.26 Å². The monoisotopic (exact) mass is 428 g/mol. The number of carbonyl (C=O) groups is 2. The Kier molecular flexibility index (Phi) is 6.53. The second kappa shape index (κ2) is 9.27. The zero-order valence-electron chi connectivity index (χ0n) is 16.1. The van der Waals surface area contributed by atoms with Crippen LogP contribution in [0.3, 0.4) is 0 Å². The summed E-state index contributed by atoms with van der Waals surface area (Å²) in [4.78, 5) is 30.5. The molecule has 0 aliphatic heterocycles. The van der Waals surface area contributed by atoms with E-state index in [0.717, 1.165) is 5.06 Å². The molecule has 0 bridgehead atoms. The number of hydrogen-bond donors (Lipinski definition) is 1. The van der Waals surface area contributed by atoms with Crippen LogP contribution in [0.15, 0.2) is 82.5 Å². The van der Waals surface area contributed by atoms with E-state index < -0.39 is 21.8 Å². The first-order valence-corrected chi connectivity index (χ1v) is 10.6. The molecule has 8 nitrogen and oxygen atoms in total. The van der Waals surface area contributed by atoms with Gasteiger partial charge in [0.1, 0.15) is 16.8 Å². The van der Waals surface area contributed by atoms with Crippen molar-refractivity contribution in [3.63, 3.8) is 0 Å². The molecule has 0 radical (unpaired) electrons. The molecular formula is C21H20N2O6S. The highest BCUT2D eigenvalue weighted by Crippen LogP contribution is 2.28. The van der Waals surface area contributed by atoms with Gasteiger partial charge in [0.15, 0.2) is 5.75 Å². The van der Waals surface area contributed by atoms with Gasteiger partial charge < -0.3 is 9.25 Å². The summed E-state index contributed by atoms with van der Waals surface area (Å²) in [6.07, 6.45) is 3.17. The average molecular weight is 428 g/mol. The van der Waals surface area contributed by atoms with Crippen LogP contribution in [0.1, 0.15) is 30.1 Å². The summed E-state index contributed by atoms with van der Waals surface area (Å²) < 4.78 is 32.7. The molecule has 1 heterocycles. The molecule has 0 spiro atoms. The maximum absolute atomic E-state index is 13.2. The zero-order chi connectivity index (χ0) is 21.6. The molecule has 0 saturated carbocycles. The van der Waals surface area contributed by atoms with Crippen LogP contribution in [0.4, 0.5) is 5.69 Å². The summed E-state index contributed by atoms with van der Waals surface area (Å²) >= 11 is 0. The van der Waals surface area contributed by atoms with Crippen molar-refractivity contribution in [2.24, 2.45) is 0 Å². The van der Waals surface area contributed by atoms with Crippen molar-refractivity contribution in [3.05, 3.63) is 78.8 Å². The van der Waals surface area contributed by atoms with E-state index in [2.05, 4.69) is 0 Å². The number of benzene rings is 2. The molecule has 3 rings (SSSR count). The predicted molar refractivity (Wildman–Crippen MR) is 109 cm³/mol. The third-order valence-electron chi connectivity index (χ3n) is 4.00. The van der Waals surface area contributed by atoms with Gasteiger partial charge in [-0.05, 0) is 30.7 Å². The number of anilines is 1. The fraction of sp³-hybridized carbons (Fsp3) is 0.143. The maximum atomic E-state index is 13.2. The third kappa shape index (κ3) is 4.87. The van der Waals surface area contributed by atoms with E-state index in [0.29, 0.717) is 6.42 Å². The Morgan fingerprint density at radius 1 is 1.03 bits per heavy atom. The lowest BCUT2D eigenvalue weighted by Gasteiger charge is -2.24. The van der Waals surface area contributed by atoms with E-state index in [1.165, 1.54) is 36.8 Å². The molecule has 156 valence electrons. The van der Waals surface area contributed by atoms with Crippen LogP contribution in [0.25, 0.3) is 0 Å². The van der Waals surface area contributed by atoms with Crippen molar-refractivity contribution >= 4 is 27.5 Å². The Hall–Kier alpha value is -3.59. The third-order valence-corrected chi connectivity index (χ3v) is 5.42. The van der Waals surface area contributed by atoms with Gasteiger partial charge in [0.2, 0.25) is 5.91 Å². The lowest BCUT2D eigenvalue weighted by atomic mass is 10.2. The molecule has 0 saturated heterocycles. The summed E-state index contributed by atoms with van der Waals surface area (Å²) in [7, 11) is -4.25. The summed E-state index contributed by atoms with van der Waals surface area (Å²) in [5.74, 6) is -1.04. The smallest absolute Gasteiger partial charge is 0.291 e. The Bertz CT molecular complexity index is 1110. The van der Waals surface area contributed by atoms with Crippen LogP contribution in [-0.2, 0) is 14.8 Å². The first-order chi connectivity index (χ1) is 14.4. The molecule has 0 unspecified atom stereocenters. The van der Waals surface area contributed by atoms with Gasteiger partial charge in [0, 0.05) is 18.1 Å². The van der Waals surface area contributed by atoms with E-state index in [9.17, 15) is 18.0 Å². The molecule has 2 amide bonds. The average Bonchev–Trinajstić information content (AvgIpc) is 3.25. The Morgan fingerprint density at radius 2 is 1.73 bits per heavy atom. The van der Waals surface area contributed by atoms with Crippen molar-refractivity contribution in [1.82, 2.24) is 4.72 Å². The fourth-order valence-corrected chi connectivity index (χ4v) is 3.84. The number of sulfonamides is 1. The Labute approximate surface area is 174 Å². The minimum Gasteiger partial charge on any atom is -0.468 e. The fourth-order valence-electron chi connectivity index (χ4n) is 2.64. The number of rotatable bonds is 8. The zero-order valence-corrected chi connectivity index (χ0v) is 17.0. The lowest BCUT2D eigenvalue weighted by Crippen LogP contribution is -2.37. The van der Waals surface area contributed by atoms with Gasteiger partial charge in [-0.25, -0.2) is 13.1 Å². The highest BCUT2D eigenvalue weighted by Gasteiger charge is 2.29. The number of furan rings is 1. The number of hydroxylamine groups is 1.